The van der Waals surface area contributed by atoms with Crippen LogP contribution in [0.1, 0.15) is 54.0 Å². The zero-order valence-electron chi connectivity index (χ0n) is 25.3. The normalized spacial score (nSPS) is 18.7. The van der Waals surface area contributed by atoms with Gasteiger partial charge in [0.2, 0.25) is 0 Å². The number of hydrogen-bond acceptors (Lipinski definition) is 8. The Kier molecular flexibility index (Phi) is 6.88. The molecule has 242 valence electrons. The Bertz CT molecular complexity index is 2270. The number of benzene rings is 3. The third-order valence-electron chi connectivity index (χ3n) is 8.71. The van der Waals surface area contributed by atoms with Crippen molar-refractivity contribution in [2.45, 2.75) is 37.5 Å². The number of hydrogen-bond donors (Lipinski definition) is 2. The first-order valence-corrected chi connectivity index (χ1v) is 14.9. The van der Waals surface area contributed by atoms with Crippen LogP contribution in [-0.4, -0.2) is 41.5 Å². The van der Waals surface area contributed by atoms with Crippen molar-refractivity contribution in [1.82, 2.24) is 25.0 Å². The van der Waals surface area contributed by atoms with E-state index in [0.717, 1.165) is 23.1 Å². The van der Waals surface area contributed by atoms with Gasteiger partial charge in [-0.15, -0.1) is 0 Å². The molecule has 7 rings (SSSR count). The molecule has 0 saturated carbocycles. The maximum absolute atomic E-state index is 14.7. The molecule has 1 saturated heterocycles. The first-order valence-electron chi connectivity index (χ1n) is 14.4. The average molecular weight is 674 g/mol. The molecule has 4 heterocycles. The summed E-state index contributed by atoms with van der Waals surface area (Å²) in [6.07, 6.45) is -3.43. The number of carbonyl (C=O) groups excluding carboxylic acids is 1. The Morgan fingerprint density at radius 3 is 2.40 bits per heavy atom. The van der Waals surface area contributed by atoms with Gasteiger partial charge in [-0.2, -0.15) is 28.6 Å². The Morgan fingerprint density at radius 1 is 1.04 bits per heavy atom. The number of halogens is 4. The molecule has 2 N–H and O–H groups in total. The van der Waals surface area contributed by atoms with Gasteiger partial charge in [0.05, 0.1) is 45.9 Å². The van der Waals surface area contributed by atoms with Gasteiger partial charge in [-0.3, -0.25) is 19.2 Å². The Hall–Kier alpha value is -5.69. The molecule has 1 amide bonds. The standard InChI is InChI=1S/C32H23F4N9O2S/c1-31(2)29(47)44(19-9-6-16(13-37)21(12-19)32(34,35)36)30(48)45(31)18-7-4-15(5-8-18)25-24(27-38-14-39-43(27)3)26-23-20(28(46)42-41-26)10-17(33)11-22(23)40-25/h4-12,14,24-25,40H,1-3H3,(H,42,46)/t24?,25-/m1/s1. The minimum Gasteiger partial charge on any atom is -0.376 e. The van der Waals surface area contributed by atoms with Crippen molar-refractivity contribution in [2.75, 3.05) is 15.1 Å². The van der Waals surface area contributed by atoms with E-state index >= 15 is 0 Å². The van der Waals surface area contributed by atoms with E-state index in [1.54, 1.807) is 54.7 Å². The number of amides is 1. The van der Waals surface area contributed by atoms with E-state index in [0.29, 0.717) is 33.8 Å². The second-order valence-electron chi connectivity index (χ2n) is 11.9. The van der Waals surface area contributed by atoms with Gasteiger partial charge in [0.1, 0.15) is 23.5 Å². The zero-order valence-corrected chi connectivity index (χ0v) is 26.1. The van der Waals surface area contributed by atoms with Crippen LogP contribution in [0.5, 0.6) is 0 Å². The van der Waals surface area contributed by atoms with Crippen LogP contribution in [0, 0.1) is 17.1 Å². The van der Waals surface area contributed by atoms with Crippen LogP contribution in [0.4, 0.5) is 34.6 Å². The number of aromatic amines is 1. The number of nitriles is 1. The molecule has 11 nitrogen and oxygen atoms in total. The van der Waals surface area contributed by atoms with Gasteiger partial charge in [-0.1, -0.05) is 12.1 Å². The van der Waals surface area contributed by atoms with Crippen molar-refractivity contribution < 1.29 is 22.4 Å². The molecule has 2 atom stereocenters. The number of H-pyrrole nitrogens is 1. The van der Waals surface area contributed by atoms with E-state index in [9.17, 15) is 32.4 Å². The summed E-state index contributed by atoms with van der Waals surface area (Å²) in [5.41, 5.74) is -1.68. The molecule has 0 aliphatic carbocycles. The summed E-state index contributed by atoms with van der Waals surface area (Å²) in [5.74, 6) is -1.22. The fourth-order valence-corrected chi connectivity index (χ4v) is 6.98. The number of thiocarbonyl (C=S) groups is 1. The quantitative estimate of drug-likeness (QED) is 0.193. The van der Waals surface area contributed by atoms with E-state index in [1.807, 2.05) is 0 Å². The summed E-state index contributed by atoms with van der Waals surface area (Å²) < 4.78 is 57.5. The lowest BCUT2D eigenvalue weighted by Gasteiger charge is -2.34. The third kappa shape index (κ3) is 4.60. The lowest BCUT2D eigenvalue weighted by Crippen LogP contribution is -2.44. The van der Waals surface area contributed by atoms with Crippen LogP contribution in [0.2, 0.25) is 0 Å². The summed E-state index contributed by atoms with van der Waals surface area (Å²) in [4.78, 5) is 33.3. The SMILES string of the molecule is Cn1ncnc1C1c2n[nH]c(=O)c3cc(F)cc(c23)N[C@@H]1c1ccc(N2C(=S)N(c3ccc(C#N)c(C(F)(F)F)c3)C(=O)C2(C)C)cc1. The van der Waals surface area contributed by atoms with Gasteiger partial charge in [0, 0.05) is 23.8 Å². The van der Waals surface area contributed by atoms with E-state index in [4.69, 9.17) is 12.2 Å². The highest BCUT2D eigenvalue weighted by Gasteiger charge is 2.51. The van der Waals surface area contributed by atoms with E-state index < -0.39 is 52.1 Å². The molecule has 5 aromatic rings. The number of alkyl halides is 3. The van der Waals surface area contributed by atoms with Crippen molar-refractivity contribution in [3.05, 3.63) is 105 Å². The molecule has 0 bridgehead atoms. The number of rotatable bonds is 4. The monoisotopic (exact) mass is 673 g/mol. The number of anilines is 3. The van der Waals surface area contributed by atoms with Crippen LogP contribution in [0.3, 0.4) is 0 Å². The smallest absolute Gasteiger partial charge is 0.376 e. The van der Waals surface area contributed by atoms with Crippen LogP contribution in [0.25, 0.3) is 10.8 Å². The largest absolute Gasteiger partial charge is 0.417 e. The molecule has 0 radical (unpaired) electrons. The van der Waals surface area contributed by atoms with E-state index in [-0.39, 0.29) is 16.2 Å². The Balaban J connectivity index is 1.28. The summed E-state index contributed by atoms with van der Waals surface area (Å²) >= 11 is 5.68. The molecule has 48 heavy (non-hydrogen) atoms. The lowest BCUT2D eigenvalue weighted by molar-refractivity contribution is -0.137. The molecule has 3 aromatic carbocycles. The Labute approximate surface area is 274 Å². The predicted molar refractivity (Wildman–Crippen MR) is 171 cm³/mol. The van der Waals surface area contributed by atoms with Crippen molar-refractivity contribution in [3.8, 4) is 6.07 Å². The van der Waals surface area contributed by atoms with Crippen molar-refractivity contribution in [1.29, 1.82) is 5.26 Å². The summed E-state index contributed by atoms with van der Waals surface area (Å²) in [7, 11) is 1.72. The van der Waals surface area contributed by atoms with Crippen LogP contribution < -0.4 is 20.7 Å². The van der Waals surface area contributed by atoms with Gasteiger partial charge < -0.3 is 10.2 Å². The van der Waals surface area contributed by atoms with Crippen LogP contribution in [-0.2, 0) is 18.0 Å². The third-order valence-corrected chi connectivity index (χ3v) is 9.08. The van der Waals surface area contributed by atoms with Crippen molar-refractivity contribution in [2.24, 2.45) is 7.05 Å². The second-order valence-corrected chi connectivity index (χ2v) is 12.3. The molecule has 1 fully saturated rings. The molecule has 2 aliphatic rings. The molecule has 1 unspecified atom stereocenters. The Morgan fingerprint density at radius 2 is 1.75 bits per heavy atom. The van der Waals surface area contributed by atoms with Crippen LogP contribution in [0.15, 0.2) is 65.7 Å². The van der Waals surface area contributed by atoms with E-state index in [1.165, 1.54) is 24.5 Å². The summed E-state index contributed by atoms with van der Waals surface area (Å²) in [5, 5.41) is 24.2. The molecular weight excluding hydrogens is 650 g/mol. The fourth-order valence-electron chi connectivity index (χ4n) is 6.46. The topological polar surface area (TPSA) is 136 Å². The fraction of sp³-hybridized carbons (Fsp3) is 0.219. The van der Waals surface area contributed by atoms with E-state index in [2.05, 4.69) is 25.6 Å². The molecule has 16 heteroatoms. The minimum atomic E-state index is -4.82. The maximum Gasteiger partial charge on any atom is 0.417 e. The van der Waals surface area contributed by atoms with Gasteiger partial charge in [0.25, 0.3) is 11.5 Å². The summed E-state index contributed by atoms with van der Waals surface area (Å²) in [6, 6.07) is 13.4. The predicted octanol–water partition coefficient (Wildman–Crippen LogP) is 5.30. The van der Waals surface area contributed by atoms with Crippen LogP contribution >= 0.6 is 12.2 Å². The number of carbonyl (C=O) groups is 1. The van der Waals surface area contributed by atoms with Crippen molar-refractivity contribution >= 4 is 51.1 Å². The molecule has 2 aliphatic heterocycles. The lowest BCUT2D eigenvalue weighted by atomic mass is 9.83. The molecule has 2 aromatic heterocycles. The van der Waals surface area contributed by atoms with Gasteiger partial charge in [-0.05, 0) is 74.1 Å². The highest BCUT2D eigenvalue weighted by Crippen LogP contribution is 2.47. The first kappa shape index (κ1) is 30.9. The highest BCUT2D eigenvalue weighted by atomic mass is 32.1. The number of nitrogens with one attached hydrogen (secondary N) is 2. The average Bonchev–Trinajstić information content (AvgIpc) is 3.54. The van der Waals surface area contributed by atoms with Gasteiger partial charge in [0.15, 0.2) is 5.11 Å². The number of nitrogens with zero attached hydrogens (tertiary/aromatic N) is 7. The summed E-state index contributed by atoms with van der Waals surface area (Å²) in [6.45, 7) is 3.21. The molecule has 0 spiro atoms. The second kappa shape index (κ2) is 10.7. The highest BCUT2D eigenvalue weighted by molar-refractivity contribution is 7.81. The van der Waals surface area contributed by atoms with Gasteiger partial charge >= 0.3 is 6.18 Å². The number of aromatic nitrogens is 5. The zero-order chi connectivity index (χ0) is 34.3. The number of aryl methyl sites for hydroxylation is 1. The van der Waals surface area contributed by atoms with Gasteiger partial charge in [-0.25, -0.2) is 14.5 Å². The minimum absolute atomic E-state index is 0.0485. The first-order chi connectivity index (χ1) is 22.7. The maximum atomic E-state index is 14.7. The molecular formula is C32H23F4N9O2S. The van der Waals surface area contributed by atoms with Crippen molar-refractivity contribution in [3.63, 3.8) is 0 Å².